The lowest BCUT2D eigenvalue weighted by atomic mass is 9.67. The Morgan fingerprint density at radius 1 is 0.247 bits per heavy atom. The first-order chi connectivity index (χ1) is 40.2. The van der Waals surface area contributed by atoms with Gasteiger partial charge in [0.15, 0.2) is 0 Å². The summed E-state index contributed by atoms with van der Waals surface area (Å²) in [5.41, 5.74) is 16.9. The molecule has 0 N–H and O–H groups in total. The molecule has 0 bridgehead atoms. The van der Waals surface area contributed by atoms with E-state index in [9.17, 15) is 10.5 Å². The van der Waals surface area contributed by atoms with Gasteiger partial charge in [0, 0.05) is 43.1 Å². The molecule has 1 aliphatic carbocycles. The minimum absolute atomic E-state index is 0.364. The molecule has 0 spiro atoms. The maximum Gasteiger partial charge on any atom is 0.104 e. The highest BCUT2D eigenvalue weighted by Gasteiger charge is 2.47. The van der Waals surface area contributed by atoms with Gasteiger partial charge in [0.1, 0.15) is 23.3 Å². The molecule has 0 aliphatic heterocycles. The quantitative estimate of drug-likeness (QED) is 0.167. The van der Waals surface area contributed by atoms with Crippen molar-refractivity contribution in [3.05, 3.63) is 300 Å². The van der Waals surface area contributed by atoms with E-state index in [2.05, 4.69) is 297 Å². The van der Waals surface area contributed by atoms with Crippen LogP contribution in [0.5, 0.6) is 0 Å². The predicted octanol–water partition coefficient (Wildman–Crippen LogP) is 18.2. The van der Waals surface area contributed by atoms with Crippen molar-refractivity contribution in [2.24, 2.45) is 0 Å². The topological polar surface area (TPSA) is 67.3 Å². The Kier molecular flexibility index (Phi) is 9.37. The molecule has 16 aromatic rings. The summed E-state index contributed by atoms with van der Waals surface area (Å²) in [6.45, 7) is 0. The summed E-state index contributed by atoms with van der Waals surface area (Å²) in [5.74, 6) is 0. The van der Waals surface area contributed by atoms with Crippen LogP contribution in [0.3, 0.4) is 0 Å². The van der Waals surface area contributed by atoms with E-state index in [4.69, 9.17) is 0 Å². The molecule has 0 fully saturated rings. The first-order valence-electron chi connectivity index (χ1n) is 27.5. The van der Waals surface area contributed by atoms with Crippen LogP contribution in [0.25, 0.3) is 121 Å². The number of para-hydroxylation sites is 7. The zero-order valence-corrected chi connectivity index (χ0v) is 43.6. The number of fused-ring (bicyclic) bond motifs is 15. The lowest BCUT2D eigenvalue weighted by Gasteiger charge is -2.34. The molecule has 0 unspecified atom stereocenters. The Morgan fingerprint density at radius 2 is 0.556 bits per heavy atom. The molecular formula is C75H44N6. The molecule has 4 heterocycles. The zero-order chi connectivity index (χ0) is 53.5. The summed E-state index contributed by atoms with van der Waals surface area (Å²) in [5, 5.41) is 33.9. The van der Waals surface area contributed by atoms with Gasteiger partial charge >= 0.3 is 0 Å². The first kappa shape index (κ1) is 44.9. The Bertz CT molecular complexity index is 5090. The van der Waals surface area contributed by atoms with Crippen LogP contribution >= 0.6 is 0 Å². The van der Waals surface area contributed by atoms with Crippen LogP contribution in [0, 0.1) is 22.7 Å². The van der Waals surface area contributed by atoms with Crippen LogP contribution in [-0.4, -0.2) is 18.3 Å². The van der Waals surface area contributed by atoms with E-state index in [1.807, 2.05) is 0 Å². The average Bonchev–Trinajstić information content (AvgIpc) is 3.06. The second-order valence-corrected chi connectivity index (χ2v) is 21.3. The van der Waals surface area contributed by atoms with E-state index in [1.54, 1.807) is 0 Å². The number of aromatic nitrogens is 4. The summed E-state index contributed by atoms with van der Waals surface area (Å²) in [7, 11) is 0. The maximum atomic E-state index is 12.8. The molecule has 1 aliphatic rings. The zero-order valence-electron chi connectivity index (χ0n) is 43.6. The van der Waals surface area contributed by atoms with Gasteiger partial charge in [-0.15, -0.1) is 0 Å². The van der Waals surface area contributed by atoms with Gasteiger partial charge in [-0.3, -0.25) is 0 Å². The first-order valence-corrected chi connectivity index (χ1v) is 27.5. The molecule has 0 amide bonds. The predicted molar refractivity (Wildman–Crippen MR) is 331 cm³/mol. The Hall–Kier alpha value is -11.2. The number of nitrogens with zero attached hydrogens (tertiary/aromatic N) is 6. The highest BCUT2D eigenvalue weighted by Crippen LogP contribution is 2.58. The second-order valence-electron chi connectivity index (χ2n) is 21.3. The average molecular weight is 1030 g/mol. The minimum atomic E-state index is -0.720. The largest absolute Gasteiger partial charge is 0.306 e. The van der Waals surface area contributed by atoms with Gasteiger partial charge < -0.3 is 18.3 Å². The smallest absolute Gasteiger partial charge is 0.104 e. The van der Waals surface area contributed by atoms with Crippen LogP contribution in [0.4, 0.5) is 0 Å². The molecule has 374 valence electrons. The molecule has 0 saturated carbocycles. The lowest BCUT2D eigenvalue weighted by Crippen LogP contribution is -2.28. The van der Waals surface area contributed by atoms with Gasteiger partial charge in [-0.1, -0.05) is 212 Å². The molecule has 0 saturated heterocycles. The molecule has 6 heteroatoms. The molecular weight excluding hydrogens is 985 g/mol. The van der Waals surface area contributed by atoms with Gasteiger partial charge in [0.05, 0.1) is 72.3 Å². The number of hydrogen-bond donors (Lipinski definition) is 0. The third-order valence-corrected chi connectivity index (χ3v) is 17.5. The van der Waals surface area contributed by atoms with Crippen molar-refractivity contribution in [1.29, 1.82) is 10.5 Å². The van der Waals surface area contributed by atoms with Gasteiger partial charge in [-0.25, -0.2) is 0 Å². The highest BCUT2D eigenvalue weighted by atomic mass is 15.1. The number of nitriles is 2. The maximum absolute atomic E-state index is 12.8. The van der Waals surface area contributed by atoms with E-state index >= 15 is 0 Å². The lowest BCUT2D eigenvalue weighted by molar-refractivity contribution is 0.769. The fraction of sp³-hybridized carbons (Fsp3) is 0.0133. The summed E-state index contributed by atoms with van der Waals surface area (Å²) in [6, 6.07) is 101. The van der Waals surface area contributed by atoms with E-state index in [1.165, 1.54) is 11.1 Å². The Morgan fingerprint density at radius 3 is 0.938 bits per heavy atom. The van der Waals surface area contributed by atoms with E-state index < -0.39 is 5.41 Å². The molecule has 12 aromatic carbocycles. The Labute approximate surface area is 465 Å². The summed E-state index contributed by atoms with van der Waals surface area (Å²) < 4.78 is 9.21. The van der Waals surface area contributed by atoms with Crippen LogP contribution in [-0.2, 0) is 5.41 Å². The van der Waals surface area contributed by atoms with Crippen LogP contribution in [0.1, 0.15) is 33.4 Å². The van der Waals surface area contributed by atoms with Crippen molar-refractivity contribution >= 4 is 87.2 Å². The van der Waals surface area contributed by atoms with Crippen molar-refractivity contribution in [1.82, 2.24) is 18.3 Å². The molecule has 0 radical (unpaired) electrons. The molecule has 4 aromatic heterocycles. The van der Waals surface area contributed by atoms with Crippen LogP contribution in [0.2, 0.25) is 0 Å². The number of hydrogen-bond acceptors (Lipinski definition) is 2. The number of benzene rings is 12. The fourth-order valence-electron chi connectivity index (χ4n) is 14.4. The van der Waals surface area contributed by atoms with Crippen LogP contribution in [0.15, 0.2) is 267 Å². The minimum Gasteiger partial charge on any atom is -0.306 e. The van der Waals surface area contributed by atoms with E-state index in [-0.39, 0.29) is 0 Å². The summed E-state index contributed by atoms with van der Waals surface area (Å²) in [4.78, 5) is 0. The van der Waals surface area contributed by atoms with Gasteiger partial charge in [0.2, 0.25) is 0 Å². The van der Waals surface area contributed by atoms with Crippen LogP contribution < -0.4 is 0 Å². The molecule has 81 heavy (non-hydrogen) atoms. The standard InChI is InChI=1S/C75H44N6/c76-45-59-71(81-69-42-22-14-34-56(69)58-43-57-49-27-7-15-35-61(49)75(62(57)44-70(58)81,47-23-3-1-4-24-47)48-25-5-2-6-26-48)60(46-77)73(79-65-38-18-10-30-52(65)53-31-11-19-39-66(53)79)74(80-67-40-20-12-32-54(67)55-33-13-21-41-68(55)80)72(59)78-63-36-16-8-28-50(63)51-29-9-17-37-64(51)78/h1-44H. The van der Waals surface area contributed by atoms with Crippen molar-refractivity contribution in [2.75, 3.05) is 0 Å². The highest BCUT2D eigenvalue weighted by molar-refractivity contribution is 6.17. The summed E-state index contributed by atoms with van der Waals surface area (Å²) in [6.07, 6.45) is 0. The molecule has 17 rings (SSSR count). The second kappa shape index (κ2) is 16.9. The fourth-order valence-corrected chi connectivity index (χ4v) is 14.4. The monoisotopic (exact) mass is 1030 g/mol. The normalized spacial score (nSPS) is 12.8. The van der Waals surface area contributed by atoms with Gasteiger partial charge in [0.25, 0.3) is 0 Å². The molecule has 0 atom stereocenters. The van der Waals surface area contributed by atoms with E-state index in [0.717, 1.165) is 109 Å². The third-order valence-electron chi connectivity index (χ3n) is 17.5. The SMILES string of the molecule is N#Cc1c(-n2c3ccccc3c3cc4c(cc32)C(c2ccccc2)(c2ccccc2)c2ccccc2-4)c(C#N)c(-n2c3ccccc3c3ccccc32)c(-n2c3ccccc3c3ccccc32)c1-n1c2ccccc2c2ccccc21. The van der Waals surface area contributed by atoms with Crippen molar-refractivity contribution in [2.45, 2.75) is 5.41 Å². The molecule has 6 nitrogen and oxygen atoms in total. The number of rotatable bonds is 6. The summed E-state index contributed by atoms with van der Waals surface area (Å²) >= 11 is 0. The Balaban J connectivity index is 1.15. The van der Waals surface area contributed by atoms with E-state index in [0.29, 0.717) is 33.9 Å². The van der Waals surface area contributed by atoms with Gasteiger partial charge in [-0.2, -0.15) is 10.5 Å². The van der Waals surface area contributed by atoms with Crippen molar-refractivity contribution in [3.63, 3.8) is 0 Å². The third kappa shape index (κ3) is 5.87. The van der Waals surface area contributed by atoms with Crippen molar-refractivity contribution < 1.29 is 0 Å². The van der Waals surface area contributed by atoms with Crippen molar-refractivity contribution in [3.8, 4) is 46.0 Å². The van der Waals surface area contributed by atoms with Gasteiger partial charge in [-0.05, 0) is 88.0 Å².